The predicted molar refractivity (Wildman–Crippen MR) is 124 cm³/mol. The number of esters is 1. The minimum Gasteiger partial charge on any atom is -0.487 e. The van der Waals surface area contributed by atoms with E-state index in [1.165, 1.54) is 42.3 Å². The lowest BCUT2D eigenvalue weighted by molar-refractivity contribution is -0.138. The number of nitrogens with zero attached hydrogens (tertiary/aromatic N) is 3. The quantitative estimate of drug-likeness (QED) is 0.153. The van der Waals surface area contributed by atoms with Gasteiger partial charge in [-0.2, -0.15) is 18.3 Å². The average molecular weight is 506 g/mol. The summed E-state index contributed by atoms with van der Waals surface area (Å²) in [6.45, 7) is 1.40. The summed E-state index contributed by atoms with van der Waals surface area (Å²) < 4.78 is 65.2. The molecular formula is C26H27F4N3O3. The number of alkyl halides is 3. The van der Waals surface area contributed by atoms with Crippen LogP contribution in [0.5, 0.6) is 11.5 Å². The number of hydrogen-bond acceptors (Lipinski definition) is 5. The molecule has 3 aromatic rings. The summed E-state index contributed by atoms with van der Waals surface area (Å²) in [7, 11) is 0. The smallest absolute Gasteiger partial charge is 0.417 e. The number of rotatable bonds is 8. The van der Waals surface area contributed by atoms with Gasteiger partial charge in [-0.3, -0.25) is 4.79 Å². The Balaban J connectivity index is 1.49. The van der Waals surface area contributed by atoms with Gasteiger partial charge in [0.05, 0.1) is 17.9 Å². The number of pyridine rings is 1. The zero-order chi connectivity index (χ0) is 25.7. The largest absolute Gasteiger partial charge is 0.487 e. The molecule has 0 radical (unpaired) electrons. The van der Waals surface area contributed by atoms with E-state index in [1.54, 1.807) is 6.20 Å². The minimum absolute atomic E-state index is 0.0200. The van der Waals surface area contributed by atoms with Gasteiger partial charge in [0, 0.05) is 25.2 Å². The van der Waals surface area contributed by atoms with Crippen molar-refractivity contribution >= 4 is 5.97 Å². The number of hydrogen-bond donors (Lipinski definition) is 0. The van der Waals surface area contributed by atoms with Crippen LogP contribution in [-0.4, -0.2) is 27.3 Å². The van der Waals surface area contributed by atoms with Crippen molar-refractivity contribution in [3.63, 3.8) is 0 Å². The molecule has 1 saturated carbocycles. The zero-order valence-electron chi connectivity index (χ0n) is 19.9. The van der Waals surface area contributed by atoms with Crippen LogP contribution in [0.25, 0.3) is 5.82 Å². The molecular weight excluding hydrogens is 478 g/mol. The van der Waals surface area contributed by atoms with E-state index in [-0.39, 0.29) is 24.0 Å². The maximum Gasteiger partial charge on any atom is 0.417 e. The van der Waals surface area contributed by atoms with Crippen molar-refractivity contribution in [3.05, 3.63) is 65.4 Å². The van der Waals surface area contributed by atoms with Crippen LogP contribution in [0.1, 0.15) is 68.2 Å². The molecule has 6 nitrogen and oxygen atoms in total. The van der Waals surface area contributed by atoms with Gasteiger partial charge in [-0.25, -0.2) is 14.1 Å². The molecule has 2 heterocycles. The van der Waals surface area contributed by atoms with Crippen LogP contribution < -0.4 is 9.47 Å². The van der Waals surface area contributed by atoms with Gasteiger partial charge in [-0.1, -0.05) is 25.3 Å². The number of carbonyl (C=O) groups is 1. The summed E-state index contributed by atoms with van der Waals surface area (Å²) in [5.74, 6) is -0.728. The molecule has 4 rings (SSSR count). The molecule has 0 spiro atoms. The van der Waals surface area contributed by atoms with Gasteiger partial charge in [0.1, 0.15) is 0 Å². The van der Waals surface area contributed by atoms with Crippen LogP contribution in [0.4, 0.5) is 17.6 Å². The number of carbonyl (C=O) groups excluding carboxylic acids is 1. The molecule has 1 aromatic carbocycles. The van der Waals surface area contributed by atoms with Crippen LogP contribution >= 0.6 is 0 Å². The molecule has 1 fully saturated rings. The van der Waals surface area contributed by atoms with Crippen molar-refractivity contribution in [2.24, 2.45) is 0 Å². The third-order valence-electron chi connectivity index (χ3n) is 6.15. The van der Waals surface area contributed by atoms with Crippen LogP contribution in [-0.2, 0) is 17.4 Å². The SMILES string of the molecule is CC(=O)Oc1cccc(F)c1OCCCc1cn(-c2ccc(C(F)(F)F)cn2)nc1C1CCCCC1. The molecule has 0 aliphatic heterocycles. The first-order valence-corrected chi connectivity index (χ1v) is 11.9. The lowest BCUT2D eigenvalue weighted by atomic mass is 9.85. The molecule has 0 unspecified atom stereocenters. The Kier molecular flexibility index (Phi) is 7.91. The number of benzene rings is 1. The molecule has 1 aliphatic rings. The summed E-state index contributed by atoms with van der Waals surface area (Å²) in [5.41, 5.74) is 1.06. The maximum atomic E-state index is 14.2. The van der Waals surface area contributed by atoms with Gasteiger partial charge in [-0.05, 0) is 55.5 Å². The molecule has 192 valence electrons. The van der Waals surface area contributed by atoms with Crippen LogP contribution in [0, 0.1) is 5.82 Å². The van der Waals surface area contributed by atoms with Crippen molar-refractivity contribution < 1.29 is 31.8 Å². The highest BCUT2D eigenvalue weighted by Crippen LogP contribution is 2.35. The van der Waals surface area contributed by atoms with Gasteiger partial charge in [0.2, 0.25) is 0 Å². The highest BCUT2D eigenvalue weighted by Gasteiger charge is 2.31. The lowest BCUT2D eigenvalue weighted by Crippen LogP contribution is -2.09. The molecule has 0 bridgehead atoms. The minimum atomic E-state index is -4.46. The first-order valence-electron chi connectivity index (χ1n) is 11.9. The van der Waals surface area contributed by atoms with Gasteiger partial charge < -0.3 is 9.47 Å². The summed E-state index contributed by atoms with van der Waals surface area (Å²) in [6, 6.07) is 6.42. The monoisotopic (exact) mass is 505 g/mol. The topological polar surface area (TPSA) is 66.2 Å². The van der Waals surface area contributed by atoms with E-state index in [0.29, 0.717) is 18.7 Å². The molecule has 10 heteroatoms. The highest BCUT2D eigenvalue weighted by molar-refractivity contribution is 5.70. The maximum absolute atomic E-state index is 14.2. The van der Waals surface area contributed by atoms with Crippen LogP contribution in [0.15, 0.2) is 42.7 Å². The normalized spacial score (nSPS) is 14.6. The molecule has 2 aromatic heterocycles. The Hall–Kier alpha value is -3.43. The summed E-state index contributed by atoms with van der Waals surface area (Å²) in [6.07, 6.45) is 4.63. The molecule has 0 amide bonds. The fraction of sp³-hybridized carbons (Fsp3) is 0.423. The fourth-order valence-corrected chi connectivity index (χ4v) is 4.44. The third-order valence-corrected chi connectivity index (χ3v) is 6.15. The van der Waals surface area contributed by atoms with Crippen molar-refractivity contribution in [1.29, 1.82) is 0 Å². The molecule has 36 heavy (non-hydrogen) atoms. The second-order valence-electron chi connectivity index (χ2n) is 8.83. The van der Waals surface area contributed by atoms with Crippen LogP contribution in [0.3, 0.4) is 0 Å². The molecule has 0 N–H and O–H groups in total. The third kappa shape index (κ3) is 6.22. The van der Waals surface area contributed by atoms with E-state index in [9.17, 15) is 22.4 Å². The Morgan fingerprint density at radius 1 is 1.14 bits per heavy atom. The van der Waals surface area contributed by atoms with Crippen molar-refractivity contribution in [2.45, 2.75) is 64.0 Å². The summed E-state index contributed by atoms with van der Waals surface area (Å²) in [5, 5.41) is 4.71. The van der Waals surface area contributed by atoms with Crippen LogP contribution in [0.2, 0.25) is 0 Å². The average Bonchev–Trinajstić information content (AvgIpc) is 3.27. The van der Waals surface area contributed by atoms with E-state index in [0.717, 1.165) is 49.2 Å². The summed E-state index contributed by atoms with van der Waals surface area (Å²) in [4.78, 5) is 15.3. The Morgan fingerprint density at radius 3 is 2.58 bits per heavy atom. The second-order valence-corrected chi connectivity index (χ2v) is 8.83. The van der Waals surface area contributed by atoms with E-state index >= 15 is 0 Å². The van der Waals surface area contributed by atoms with Gasteiger partial charge in [0.15, 0.2) is 23.1 Å². The van der Waals surface area contributed by atoms with Crippen molar-refractivity contribution in [1.82, 2.24) is 14.8 Å². The Labute approximate surface area is 206 Å². The fourth-order valence-electron chi connectivity index (χ4n) is 4.44. The number of halogens is 4. The number of aromatic nitrogens is 3. The standard InChI is InChI=1S/C26H27F4N3O3/c1-17(34)36-22-11-5-10-21(27)25(22)35-14-6-9-19-16-33(32-24(19)18-7-3-2-4-8-18)23-13-12-20(15-31-23)26(28,29)30/h5,10-13,15-16,18H,2-4,6-9,14H2,1H3. The van der Waals surface area contributed by atoms with Gasteiger partial charge in [-0.15, -0.1) is 0 Å². The second kappa shape index (κ2) is 11.1. The Bertz CT molecular complexity index is 1190. The number of aryl methyl sites for hydroxylation is 1. The van der Waals surface area contributed by atoms with Gasteiger partial charge in [0.25, 0.3) is 0 Å². The van der Waals surface area contributed by atoms with E-state index in [4.69, 9.17) is 14.6 Å². The summed E-state index contributed by atoms with van der Waals surface area (Å²) >= 11 is 0. The molecule has 0 saturated heterocycles. The molecule has 1 aliphatic carbocycles. The zero-order valence-corrected chi connectivity index (χ0v) is 19.9. The van der Waals surface area contributed by atoms with E-state index < -0.39 is 23.5 Å². The van der Waals surface area contributed by atoms with E-state index in [2.05, 4.69) is 4.98 Å². The van der Waals surface area contributed by atoms with Crippen molar-refractivity contribution in [3.8, 4) is 17.3 Å². The van der Waals surface area contributed by atoms with Gasteiger partial charge >= 0.3 is 12.1 Å². The molecule has 0 atom stereocenters. The van der Waals surface area contributed by atoms with Crippen molar-refractivity contribution in [2.75, 3.05) is 6.61 Å². The first-order chi connectivity index (χ1) is 17.2. The highest BCUT2D eigenvalue weighted by atomic mass is 19.4. The predicted octanol–water partition coefficient (Wildman–Crippen LogP) is 6.41. The Morgan fingerprint density at radius 2 is 1.92 bits per heavy atom. The first kappa shape index (κ1) is 25.7. The van der Waals surface area contributed by atoms with E-state index in [1.807, 2.05) is 0 Å². The lowest BCUT2D eigenvalue weighted by Gasteiger charge is -2.21. The number of para-hydroxylation sites is 1. The number of ether oxygens (including phenoxy) is 2.